The molecule has 6 nitrogen and oxygen atoms in total. The van der Waals surface area contributed by atoms with Crippen LogP contribution in [0.25, 0.3) is 0 Å². The van der Waals surface area contributed by atoms with Gasteiger partial charge in [-0.2, -0.15) is 0 Å². The Morgan fingerprint density at radius 2 is 1.04 bits per heavy atom. The number of carbonyl (C=O) groups excluding carboxylic acids is 2. The largest absolute Gasteiger partial charge is 0.458 e. The highest BCUT2D eigenvalue weighted by atomic mass is 32.1. The van der Waals surface area contributed by atoms with Gasteiger partial charge in [0.05, 0.1) is 11.1 Å². The number of esters is 2. The van der Waals surface area contributed by atoms with E-state index in [4.69, 9.17) is 17.9 Å². The summed E-state index contributed by atoms with van der Waals surface area (Å²) in [5.74, 6) is -0.619. The molecule has 0 aliphatic rings. The number of benzene rings is 2. The molecule has 0 aliphatic carbocycles. The van der Waals surface area contributed by atoms with Crippen molar-refractivity contribution in [3.05, 3.63) is 97.1 Å². The Bertz CT molecular complexity index is 678. The van der Waals surface area contributed by atoms with Crippen LogP contribution < -0.4 is 0 Å². The summed E-state index contributed by atoms with van der Waals surface area (Å²) < 4.78 is 26.3. The lowest BCUT2D eigenvalue weighted by Crippen LogP contribution is -2.04. The number of hydrogen-bond donors (Lipinski definition) is 0. The van der Waals surface area contributed by atoms with Gasteiger partial charge < -0.3 is 17.9 Å². The van der Waals surface area contributed by atoms with Gasteiger partial charge in [0.15, 0.2) is 0 Å². The van der Waals surface area contributed by atoms with Gasteiger partial charge in [0, 0.05) is 0 Å². The summed E-state index contributed by atoms with van der Waals surface area (Å²) in [5.41, 5.74) is 1.14. The normalized spacial score (nSPS) is 8.59. The van der Waals surface area contributed by atoms with Gasteiger partial charge in [0.2, 0.25) is 0 Å². The third-order valence-electron chi connectivity index (χ3n) is 2.68. The summed E-state index contributed by atoms with van der Waals surface area (Å²) in [4.78, 5) is 22.3. The van der Waals surface area contributed by atoms with E-state index in [0.29, 0.717) is 11.1 Å². The molecule has 2 rings (SSSR count). The minimum Gasteiger partial charge on any atom is -0.458 e. The standard InChI is InChI=1S/2C10H10O2.HO2S/c2*1-2-8-12-10(11)9-6-4-3-5-7-9;1-3-2/h2*2-7H,1,8H2;3H/q;;-1. The lowest BCUT2D eigenvalue weighted by molar-refractivity contribution is 0.0540. The first-order chi connectivity index (χ1) is 13.1. The van der Waals surface area contributed by atoms with Crippen LogP contribution in [0.15, 0.2) is 86.0 Å². The molecule has 27 heavy (non-hydrogen) atoms. The van der Waals surface area contributed by atoms with Crippen LogP contribution in [0.2, 0.25) is 0 Å². The molecule has 2 aromatic rings. The van der Waals surface area contributed by atoms with Crippen molar-refractivity contribution in [2.24, 2.45) is 0 Å². The second-order valence-corrected chi connectivity index (χ2v) is 4.73. The molecule has 0 saturated heterocycles. The average molecular weight is 389 g/mol. The second-order valence-electron chi connectivity index (χ2n) is 4.58. The quantitative estimate of drug-likeness (QED) is 0.325. The molecule has 0 spiro atoms. The molecule has 0 N–H and O–H groups in total. The summed E-state index contributed by atoms with van der Waals surface area (Å²) in [6, 6.07) is 17.7. The highest BCUT2D eigenvalue weighted by Crippen LogP contribution is 2.01. The third kappa shape index (κ3) is 11.9. The molecule has 0 aliphatic heterocycles. The van der Waals surface area contributed by atoms with E-state index in [9.17, 15) is 9.59 Å². The molecule has 0 fully saturated rings. The lowest BCUT2D eigenvalue weighted by Gasteiger charge is -1.99. The minimum atomic E-state index is -1.08. The molecule has 0 heterocycles. The zero-order valence-corrected chi connectivity index (χ0v) is 15.5. The van der Waals surface area contributed by atoms with E-state index in [2.05, 4.69) is 13.2 Å². The maximum Gasteiger partial charge on any atom is 0.338 e. The van der Waals surface area contributed by atoms with Crippen LogP contribution in [0.3, 0.4) is 0 Å². The average Bonchev–Trinajstić information content (AvgIpc) is 2.72. The third-order valence-corrected chi connectivity index (χ3v) is 2.68. The van der Waals surface area contributed by atoms with Crippen LogP contribution >= 0.6 is 0 Å². The van der Waals surface area contributed by atoms with Crippen molar-refractivity contribution in [3.8, 4) is 0 Å². The first kappa shape index (κ1) is 23.8. The molecule has 7 heteroatoms. The van der Waals surface area contributed by atoms with Gasteiger partial charge in [-0.15, -0.1) is 0 Å². The molecule has 0 bridgehead atoms. The maximum absolute atomic E-state index is 11.1. The number of rotatable bonds is 6. The van der Waals surface area contributed by atoms with Crippen LogP contribution in [0.1, 0.15) is 20.7 Å². The highest BCUT2D eigenvalue weighted by molar-refractivity contribution is 7.51. The Labute approximate surface area is 161 Å². The van der Waals surface area contributed by atoms with Crippen LogP contribution in [0, 0.1) is 0 Å². The molecular weight excluding hydrogens is 368 g/mol. The van der Waals surface area contributed by atoms with E-state index >= 15 is 0 Å². The zero-order chi connectivity index (χ0) is 20.3. The van der Waals surface area contributed by atoms with E-state index in [1.165, 1.54) is 0 Å². The van der Waals surface area contributed by atoms with Gasteiger partial charge in [-0.3, -0.25) is 0 Å². The Morgan fingerprint density at radius 1 is 0.741 bits per heavy atom. The summed E-state index contributed by atoms with van der Waals surface area (Å²) in [6.07, 6.45) is 3.08. The molecule has 0 radical (unpaired) electrons. The summed E-state index contributed by atoms with van der Waals surface area (Å²) >= 11 is -1.08. The first-order valence-corrected chi connectivity index (χ1v) is 8.44. The molecule has 0 unspecified atom stereocenters. The predicted octanol–water partition coefficient (Wildman–Crippen LogP) is 3.55. The van der Waals surface area contributed by atoms with Crippen molar-refractivity contribution in [2.45, 2.75) is 0 Å². The Balaban J connectivity index is 0.000000438. The van der Waals surface area contributed by atoms with E-state index in [-0.39, 0.29) is 25.2 Å². The Kier molecular flexibility index (Phi) is 14.4. The number of carbonyl (C=O) groups is 2. The van der Waals surface area contributed by atoms with Crippen LogP contribution in [-0.4, -0.2) is 25.2 Å². The van der Waals surface area contributed by atoms with Gasteiger partial charge >= 0.3 is 11.9 Å². The van der Waals surface area contributed by atoms with E-state index < -0.39 is 11.6 Å². The lowest BCUT2D eigenvalue weighted by atomic mass is 10.2. The van der Waals surface area contributed by atoms with Crippen LogP contribution in [0.5, 0.6) is 0 Å². The first-order valence-electron chi connectivity index (χ1n) is 7.71. The fourth-order valence-electron chi connectivity index (χ4n) is 1.58. The number of ether oxygens (including phenoxy) is 2. The highest BCUT2D eigenvalue weighted by Gasteiger charge is 2.03. The SMILES string of the molecule is C=CCOC(=O)c1ccccc1.C=CCOC(=O)c1ccccc1.O=[SH-]=O. The molecular formula is C20H21O6S-. The fraction of sp³-hybridized carbons (Fsp3) is 0.100. The smallest absolute Gasteiger partial charge is 0.338 e. The number of thiol groups is 1. The van der Waals surface area contributed by atoms with Crippen molar-refractivity contribution < 1.29 is 27.5 Å². The van der Waals surface area contributed by atoms with Crippen molar-refractivity contribution >= 4 is 23.5 Å². The molecule has 0 amide bonds. The zero-order valence-electron chi connectivity index (χ0n) is 14.7. The van der Waals surface area contributed by atoms with E-state index in [1.807, 2.05) is 12.1 Å². The van der Waals surface area contributed by atoms with Gasteiger partial charge in [-0.1, -0.05) is 73.3 Å². The summed E-state index contributed by atoms with van der Waals surface area (Å²) in [7, 11) is 0. The Hall–Kier alpha value is -3.19. The molecule has 0 aromatic heterocycles. The minimum absolute atomic E-state index is 0.258. The molecule has 0 atom stereocenters. The van der Waals surface area contributed by atoms with Crippen LogP contribution in [0.4, 0.5) is 0 Å². The second kappa shape index (κ2) is 16.3. The topological polar surface area (TPSA) is 86.7 Å². The van der Waals surface area contributed by atoms with Crippen molar-refractivity contribution in [3.63, 3.8) is 0 Å². The van der Waals surface area contributed by atoms with Crippen LogP contribution in [-0.2, 0) is 29.5 Å². The fourth-order valence-corrected chi connectivity index (χ4v) is 1.58. The van der Waals surface area contributed by atoms with E-state index in [0.717, 1.165) is 0 Å². The van der Waals surface area contributed by atoms with Crippen molar-refractivity contribution in [1.82, 2.24) is 0 Å². The monoisotopic (exact) mass is 389 g/mol. The maximum atomic E-state index is 11.1. The van der Waals surface area contributed by atoms with Crippen molar-refractivity contribution in [2.75, 3.05) is 13.2 Å². The van der Waals surface area contributed by atoms with Gasteiger partial charge in [0.25, 0.3) is 0 Å². The molecule has 2 aromatic carbocycles. The summed E-state index contributed by atoms with van der Waals surface area (Å²) in [6.45, 7) is 7.41. The Morgan fingerprint density at radius 3 is 1.30 bits per heavy atom. The molecule has 144 valence electrons. The summed E-state index contributed by atoms with van der Waals surface area (Å²) in [5, 5.41) is 0. The van der Waals surface area contributed by atoms with Gasteiger partial charge in [-0.25, -0.2) is 9.59 Å². The van der Waals surface area contributed by atoms with Gasteiger partial charge in [0.1, 0.15) is 13.2 Å². The van der Waals surface area contributed by atoms with E-state index in [1.54, 1.807) is 60.7 Å². The van der Waals surface area contributed by atoms with Gasteiger partial charge in [-0.05, 0) is 24.3 Å². The number of hydrogen-bond acceptors (Lipinski definition) is 7. The molecule has 0 saturated carbocycles. The predicted molar refractivity (Wildman–Crippen MR) is 104 cm³/mol. The van der Waals surface area contributed by atoms with Crippen molar-refractivity contribution in [1.29, 1.82) is 0 Å².